The molecule has 15 amide bonds. The fourth-order valence-corrected chi connectivity index (χ4v) is 17.4. The molecular weight excluding hydrogens is 1820 g/mol. The number of carboxylic acids is 1. The number of rotatable bonds is 24. The maximum Gasteiger partial charge on any atom is 0.305 e. The molecule has 3 aliphatic rings. The Kier molecular flexibility index (Phi) is 38.6. The Morgan fingerprint density at radius 3 is 1.66 bits per heavy atom. The molecular formula is C96H117F3N16O22S. The summed E-state index contributed by atoms with van der Waals surface area (Å²) >= 11 is 0.638. The number of amides is 15. The molecule has 3 fully saturated rings. The van der Waals surface area contributed by atoms with Crippen molar-refractivity contribution in [3.8, 4) is 11.5 Å². The van der Waals surface area contributed by atoms with Crippen LogP contribution >= 0.6 is 11.8 Å². The first kappa shape index (κ1) is 106. The molecule has 7 aromatic rings. The summed E-state index contributed by atoms with van der Waals surface area (Å²) in [6, 6.07) is 13.2. The van der Waals surface area contributed by atoms with Crippen molar-refractivity contribution in [3.05, 3.63) is 203 Å². The molecule has 0 unspecified atom stereocenters. The first-order valence-electron chi connectivity index (χ1n) is 45.1. The number of nitrogens with two attached hydrogens (primary N) is 1. The monoisotopic (exact) mass is 1930 g/mol. The summed E-state index contributed by atoms with van der Waals surface area (Å²) in [7, 11) is 4.94. The van der Waals surface area contributed by atoms with Crippen LogP contribution in [0, 0.1) is 23.4 Å². The molecule has 740 valence electrons. The molecule has 4 heterocycles. The molecule has 14 atom stereocenters. The Balaban J connectivity index is 1.07. The number of likely N-dealkylation sites (N-methyl/N-ethyl adjacent to an activating group) is 3. The summed E-state index contributed by atoms with van der Waals surface area (Å²) < 4.78 is 56.3. The van der Waals surface area contributed by atoms with Crippen LogP contribution in [-0.2, 0) is 125 Å². The second-order valence-electron chi connectivity index (χ2n) is 34.6. The molecule has 0 saturated carbocycles. The number of aliphatic hydroxyl groups is 1. The minimum atomic E-state index is -2.03. The summed E-state index contributed by atoms with van der Waals surface area (Å²) in [6.07, 6.45) is -3.81. The van der Waals surface area contributed by atoms with Crippen molar-refractivity contribution >= 4 is 117 Å². The van der Waals surface area contributed by atoms with Gasteiger partial charge in [0.05, 0.1) is 38.0 Å². The van der Waals surface area contributed by atoms with E-state index < -0.39 is 259 Å². The molecule has 42 heteroatoms. The summed E-state index contributed by atoms with van der Waals surface area (Å²) in [5.74, 6) is -25.1. The van der Waals surface area contributed by atoms with Crippen LogP contribution < -0.4 is 53.6 Å². The van der Waals surface area contributed by atoms with Gasteiger partial charge in [-0.1, -0.05) is 137 Å². The van der Waals surface area contributed by atoms with Crippen LogP contribution in [0.2, 0.25) is 0 Å². The van der Waals surface area contributed by atoms with Gasteiger partial charge in [0.15, 0.2) is 17.5 Å². The van der Waals surface area contributed by atoms with E-state index in [2.05, 4.69) is 52.8 Å². The number of carbonyl (C=O) groups excluding carboxylic acids is 15. The van der Waals surface area contributed by atoms with Crippen LogP contribution in [0.1, 0.15) is 92.7 Å². The largest absolute Gasteiger partial charge is 0.508 e. The molecule has 6 aromatic carbocycles. The third-order valence-corrected chi connectivity index (χ3v) is 25.2. The standard InChI is InChI=1S/C96H117F3N16O22S/c1-8-9-24-74-95(134)114-34-36-137-50-78(114)91(130)107-70(46-81(121)122)88(127)110-83(53(2)3)96(135)112(5)75(42-54-18-12-10-13-19-54)89(128)108-72(40-57-27-31-61(117)32-28-57)93(132)115-49-62(118)45-76(115)90(129)106-69(44-59-47-101-66-23-17-16-22-63(59)66)87(126)105-68(39-56-25-29-60(116)30-26-56)86(125)104-67(33-35-136-7)85(124)109-73(84(123)102-48-79(100)119)51-138-52-80(120)103-71(41-58-37-64(97)82(99)65(98)38-58)92(131)113(6)77(94(133)111(74)4)43-55-20-14-11-15-21-55/h10-23,25-32,37-38,47,53,62,67-78,83,101,116-118H,8-9,24,33-36,39-46,48-52H2,1-7H3,(H2,100,119)(H,102,123)(H,103,120)(H,104,125)(H,105,126)(H,106,129)(H,107,130)(H,108,128)(H,109,124)(H,110,127)(H,121,122)/t62-,67+,68+,69+,70+,71-,72+,73-,74+,75+,76-,77+,78-,83-/m1/s1. The number of aliphatic hydroxyl groups excluding tert-OH is 1. The van der Waals surface area contributed by atoms with Crippen LogP contribution in [0.4, 0.5) is 13.2 Å². The predicted molar refractivity (Wildman–Crippen MR) is 496 cm³/mol. The van der Waals surface area contributed by atoms with Crippen LogP contribution in [0.15, 0.2) is 152 Å². The molecule has 10 rings (SSSR count). The van der Waals surface area contributed by atoms with E-state index in [1.165, 1.54) is 90.6 Å². The van der Waals surface area contributed by atoms with Crippen molar-refractivity contribution in [1.82, 2.24) is 77.3 Å². The topological polar surface area (TPSA) is 539 Å². The number of aromatic amines is 1. The van der Waals surface area contributed by atoms with Gasteiger partial charge in [-0.25, -0.2) is 13.2 Å². The summed E-state index contributed by atoms with van der Waals surface area (Å²) in [5.41, 5.74) is 7.62. The zero-order chi connectivity index (χ0) is 100. The van der Waals surface area contributed by atoms with Crippen molar-refractivity contribution in [2.45, 2.75) is 182 Å². The number of carboxylic acid groups (broad SMARTS) is 1. The average Bonchev–Trinajstić information content (AvgIpc) is 1.64. The molecule has 16 N–H and O–H groups in total. The Bertz CT molecular complexity index is 5490. The van der Waals surface area contributed by atoms with Crippen LogP contribution in [0.25, 0.3) is 10.9 Å². The molecule has 138 heavy (non-hydrogen) atoms. The number of primary amides is 1. The lowest BCUT2D eigenvalue weighted by Crippen LogP contribution is -2.64. The lowest BCUT2D eigenvalue weighted by molar-refractivity contribution is -0.158. The minimum absolute atomic E-state index is 0.0991. The number of aromatic nitrogens is 1. The first-order chi connectivity index (χ1) is 65.8. The lowest BCUT2D eigenvalue weighted by Gasteiger charge is -2.40. The molecule has 3 saturated heterocycles. The molecule has 3 aliphatic heterocycles. The fraction of sp³-hybridized carbons (Fsp3) is 0.438. The first-order valence-corrected chi connectivity index (χ1v) is 46.2. The van der Waals surface area contributed by atoms with Crippen molar-refractivity contribution in [3.63, 3.8) is 0 Å². The number of aromatic hydroxyl groups is 2. The van der Waals surface area contributed by atoms with Gasteiger partial charge in [-0.3, -0.25) is 76.7 Å². The van der Waals surface area contributed by atoms with Crippen LogP contribution in [-0.4, -0.2) is 308 Å². The number of nitrogens with one attached hydrogen (secondary N) is 10. The fourth-order valence-electron chi connectivity index (χ4n) is 16.6. The van der Waals surface area contributed by atoms with Gasteiger partial charge in [-0.05, 0) is 94.6 Å². The number of phenolic OH excluding ortho intramolecular Hbond substituents is 2. The number of phenols is 2. The highest BCUT2D eigenvalue weighted by atomic mass is 32.2. The number of nitrogens with zero attached hydrogens (tertiary/aromatic N) is 5. The van der Waals surface area contributed by atoms with E-state index in [1.807, 2.05) is 0 Å². The maximum atomic E-state index is 15.8. The van der Waals surface area contributed by atoms with E-state index in [0.717, 1.165) is 24.5 Å². The van der Waals surface area contributed by atoms with Gasteiger partial charge in [-0.2, -0.15) is 0 Å². The van der Waals surface area contributed by atoms with Crippen LogP contribution in [0.3, 0.4) is 0 Å². The van der Waals surface area contributed by atoms with Gasteiger partial charge >= 0.3 is 5.97 Å². The zero-order valence-corrected chi connectivity index (χ0v) is 78.0. The average molecular weight is 1940 g/mol. The minimum Gasteiger partial charge on any atom is -0.508 e. The Morgan fingerprint density at radius 1 is 0.543 bits per heavy atom. The highest BCUT2D eigenvalue weighted by molar-refractivity contribution is 8.00. The number of fused-ring (bicyclic) bond motifs is 3. The highest BCUT2D eigenvalue weighted by Crippen LogP contribution is 2.28. The van der Waals surface area contributed by atoms with Crippen molar-refractivity contribution in [2.75, 3.05) is 79.2 Å². The Labute approximate surface area is 797 Å². The van der Waals surface area contributed by atoms with Gasteiger partial charge in [0.1, 0.15) is 90.0 Å². The van der Waals surface area contributed by atoms with E-state index in [0.29, 0.717) is 69.0 Å². The van der Waals surface area contributed by atoms with Crippen LogP contribution in [0.5, 0.6) is 11.5 Å². The summed E-state index contributed by atoms with van der Waals surface area (Å²) in [6.45, 7) is 2.12. The number of ether oxygens (including phenoxy) is 2. The Hall–Kier alpha value is -14.0. The van der Waals surface area contributed by atoms with Gasteiger partial charge in [-0.15, -0.1) is 11.8 Å². The van der Waals surface area contributed by atoms with Gasteiger partial charge in [0.2, 0.25) is 88.6 Å². The highest BCUT2D eigenvalue weighted by Gasteiger charge is 2.47. The van der Waals surface area contributed by atoms with Gasteiger partial charge in [0.25, 0.3) is 0 Å². The second-order valence-corrected chi connectivity index (χ2v) is 35.6. The SMILES string of the molecule is CCCC[C@H]1C(=O)N2CCOC[C@@H]2C(=O)N[C@@H](CC(=O)O)C(=O)N[C@H](C(C)C)C(=O)N(C)[C@@H](Cc2ccccc2)C(=O)N[C@@H](Cc2ccc(O)cc2)C(=O)N2C[C@H](O)C[C@@H]2C(=O)N[C@@H](Cc2c[nH]c3ccccc23)C(=O)N[C@@H](Cc2ccc(O)cc2)C(=O)N[C@@H](CCOC)C(=O)N[C@@H](C(=O)NCC(N)=O)CSCC(=O)N[C@H](Cc2cc(F)c(F)c(F)c2)C(=O)N(C)[C@@H](Cc2ccccc2)C(=O)N1C. The summed E-state index contributed by atoms with van der Waals surface area (Å²) in [5, 5.41) is 66.8. The van der Waals surface area contributed by atoms with Crippen molar-refractivity contribution in [2.24, 2.45) is 11.7 Å². The number of halogens is 3. The molecule has 1 aromatic heterocycles. The second kappa shape index (κ2) is 50.2. The van der Waals surface area contributed by atoms with Crippen molar-refractivity contribution < 1.29 is 120 Å². The normalized spacial score (nSPS) is 23.7. The molecule has 0 bridgehead atoms. The number of carbonyl (C=O) groups is 16. The summed E-state index contributed by atoms with van der Waals surface area (Å²) in [4.78, 5) is 247. The molecule has 0 radical (unpaired) electrons. The molecule has 0 spiro atoms. The maximum absolute atomic E-state index is 15.8. The molecule has 38 nitrogen and oxygen atoms in total. The molecule has 0 aliphatic carbocycles. The lowest BCUT2D eigenvalue weighted by atomic mass is 9.98. The number of morpholine rings is 1. The number of unbranched alkanes of at least 4 members (excludes halogenated alkanes) is 1. The number of aliphatic carboxylic acids is 1. The smallest absolute Gasteiger partial charge is 0.305 e. The number of H-pyrrole nitrogens is 1. The zero-order valence-electron chi connectivity index (χ0n) is 77.2. The number of para-hydroxylation sites is 1. The number of hydrogen-bond donors (Lipinski definition) is 15. The van der Waals surface area contributed by atoms with E-state index in [4.69, 9.17) is 15.2 Å². The van der Waals surface area contributed by atoms with E-state index in [-0.39, 0.29) is 81.8 Å². The third-order valence-electron chi connectivity index (χ3n) is 24.2. The Morgan fingerprint density at radius 2 is 1.06 bits per heavy atom. The number of thioether (sulfide) groups is 1. The van der Waals surface area contributed by atoms with E-state index in [9.17, 15) is 53.6 Å². The number of benzene rings is 6. The van der Waals surface area contributed by atoms with Gasteiger partial charge in [0, 0.05) is 116 Å². The van der Waals surface area contributed by atoms with E-state index in [1.54, 1.807) is 98.0 Å². The number of methoxy groups -OCH3 is 1. The van der Waals surface area contributed by atoms with E-state index >= 15 is 56.7 Å². The number of hydrogen-bond acceptors (Lipinski definition) is 22. The third kappa shape index (κ3) is 29.0. The van der Waals surface area contributed by atoms with Gasteiger partial charge < -0.3 is 113 Å². The quantitative estimate of drug-likeness (QED) is 0.0375. The predicted octanol–water partition coefficient (Wildman–Crippen LogP) is 1.01. The van der Waals surface area contributed by atoms with Crippen molar-refractivity contribution in [1.29, 1.82) is 0 Å².